The summed E-state index contributed by atoms with van der Waals surface area (Å²) in [5.41, 5.74) is 5.94. The molecule has 0 fully saturated rings. The second-order valence-corrected chi connectivity index (χ2v) is 5.73. The van der Waals surface area contributed by atoms with E-state index in [2.05, 4.69) is 60.4 Å². The molecular formula is C19H21Cl2N3-2. The monoisotopic (exact) mass is 361 g/mol. The Kier molecular flexibility index (Phi) is 7.96. The zero-order valence-corrected chi connectivity index (χ0v) is 15.4. The molecule has 0 aliphatic carbocycles. The molecule has 2 heterocycles. The molecule has 3 rings (SSSR count). The van der Waals surface area contributed by atoms with E-state index in [1.54, 1.807) is 6.20 Å². The predicted molar refractivity (Wildman–Crippen MR) is 93.6 cm³/mol. The Morgan fingerprint density at radius 1 is 1.04 bits per heavy atom. The lowest BCUT2D eigenvalue weighted by molar-refractivity contribution is -0.00100. The van der Waals surface area contributed by atoms with Crippen molar-refractivity contribution in [2.75, 3.05) is 25.5 Å². The van der Waals surface area contributed by atoms with Gasteiger partial charge in [-0.05, 0) is 54.3 Å². The fourth-order valence-electron chi connectivity index (χ4n) is 2.67. The van der Waals surface area contributed by atoms with Crippen LogP contribution in [0.3, 0.4) is 0 Å². The van der Waals surface area contributed by atoms with E-state index >= 15 is 0 Å². The lowest BCUT2D eigenvalue weighted by atomic mass is 9.95. The van der Waals surface area contributed by atoms with Gasteiger partial charge in [-0.1, -0.05) is 12.1 Å². The van der Waals surface area contributed by atoms with Crippen molar-refractivity contribution < 1.29 is 24.8 Å². The summed E-state index contributed by atoms with van der Waals surface area (Å²) in [6.45, 7) is 0.904. The van der Waals surface area contributed by atoms with E-state index in [1.165, 1.54) is 16.8 Å². The molecule has 24 heavy (non-hydrogen) atoms. The molecule has 1 aromatic carbocycles. The van der Waals surface area contributed by atoms with Crippen LogP contribution in [0.15, 0.2) is 59.4 Å². The van der Waals surface area contributed by atoms with E-state index in [0.29, 0.717) is 0 Å². The average molecular weight is 362 g/mol. The van der Waals surface area contributed by atoms with Crippen LogP contribution in [-0.2, 0) is 0 Å². The maximum atomic E-state index is 4.72. The number of allylic oxidation sites excluding steroid dienone is 1. The molecule has 0 N–H and O–H groups in total. The van der Waals surface area contributed by atoms with Gasteiger partial charge in [0.15, 0.2) is 0 Å². The van der Waals surface area contributed by atoms with E-state index in [-0.39, 0.29) is 24.8 Å². The summed E-state index contributed by atoms with van der Waals surface area (Å²) < 4.78 is 0. The Balaban J connectivity index is 0.00000144. The van der Waals surface area contributed by atoms with Crippen LogP contribution >= 0.6 is 0 Å². The Hall–Kier alpha value is -1.84. The first-order valence-corrected chi connectivity index (χ1v) is 7.67. The molecule has 0 spiro atoms. The number of benzene rings is 1. The van der Waals surface area contributed by atoms with Crippen molar-refractivity contribution in [2.45, 2.75) is 12.8 Å². The van der Waals surface area contributed by atoms with Crippen molar-refractivity contribution in [2.24, 2.45) is 4.99 Å². The minimum absolute atomic E-state index is 0. The van der Waals surface area contributed by atoms with Crippen molar-refractivity contribution in [1.82, 2.24) is 4.98 Å². The number of pyridine rings is 1. The van der Waals surface area contributed by atoms with Crippen LogP contribution in [0.1, 0.15) is 24.0 Å². The van der Waals surface area contributed by atoms with Crippen molar-refractivity contribution in [3.8, 4) is 0 Å². The van der Waals surface area contributed by atoms with Gasteiger partial charge in [0.25, 0.3) is 0 Å². The Bertz CT molecular complexity index is 692. The molecule has 2 aromatic rings. The standard InChI is InChI=1S/C19H21N3.2ClH/c1-22(2)18-9-7-15(8-10-18)13-16-5-4-12-21-19(16)17-6-3-11-20-14-17;;/h3,6-11,13-14H,4-5,12H2,1-2H3;2*1H/p-2/b16-13+;;. The third-order valence-electron chi connectivity index (χ3n) is 3.86. The Labute approximate surface area is 156 Å². The highest BCUT2D eigenvalue weighted by Gasteiger charge is 2.14. The van der Waals surface area contributed by atoms with Crippen molar-refractivity contribution in [3.63, 3.8) is 0 Å². The summed E-state index contributed by atoms with van der Waals surface area (Å²) in [6.07, 6.45) is 8.14. The van der Waals surface area contributed by atoms with Crippen LogP contribution in [0.25, 0.3) is 6.08 Å². The van der Waals surface area contributed by atoms with Crippen LogP contribution in [0.5, 0.6) is 0 Å². The first-order chi connectivity index (χ1) is 10.7. The molecule has 0 atom stereocenters. The van der Waals surface area contributed by atoms with Crippen molar-refractivity contribution >= 4 is 17.5 Å². The summed E-state index contributed by atoms with van der Waals surface area (Å²) in [7, 11) is 4.11. The van der Waals surface area contributed by atoms with Gasteiger partial charge in [0.05, 0.1) is 5.71 Å². The van der Waals surface area contributed by atoms with E-state index in [0.717, 1.165) is 30.7 Å². The van der Waals surface area contributed by atoms with Gasteiger partial charge in [-0.3, -0.25) is 9.98 Å². The van der Waals surface area contributed by atoms with Gasteiger partial charge < -0.3 is 29.7 Å². The lowest BCUT2D eigenvalue weighted by Crippen LogP contribution is -3.00. The molecule has 1 aliphatic rings. The smallest absolute Gasteiger partial charge is 0.0694 e. The number of hydrogen-bond donors (Lipinski definition) is 0. The van der Waals surface area contributed by atoms with Gasteiger partial charge in [-0.2, -0.15) is 0 Å². The van der Waals surface area contributed by atoms with E-state index < -0.39 is 0 Å². The van der Waals surface area contributed by atoms with Gasteiger partial charge in [0.1, 0.15) is 0 Å². The summed E-state index contributed by atoms with van der Waals surface area (Å²) in [6, 6.07) is 12.7. The number of aromatic nitrogens is 1. The molecule has 5 heteroatoms. The van der Waals surface area contributed by atoms with Crippen molar-refractivity contribution in [1.29, 1.82) is 0 Å². The summed E-state index contributed by atoms with van der Waals surface area (Å²) in [5.74, 6) is 0. The summed E-state index contributed by atoms with van der Waals surface area (Å²) in [5, 5.41) is 0. The number of hydrogen-bond acceptors (Lipinski definition) is 3. The normalized spacial score (nSPS) is 15.1. The zero-order chi connectivity index (χ0) is 15.4. The molecule has 128 valence electrons. The second kappa shape index (κ2) is 9.45. The van der Waals surface area contributed by atoms with Crippen LogP contribution in [-0.4, -0.2) is 31.3 Å². The van der Waals surface area contributed by atoms with E-state index in [1.807, 2.05) is 12.3 Å². The minimum Gasteiger partial charge on any atom is -1.00 e. The van der Waals surface area contributed by atoms with Gasteiger partial charge in [0, 0.05) is 44.3 Å². The van der Waals surface area contributed by atoms with Gasteiger partial charge >= 0.3 is 0 Å². The fraction of sp³-hybridized carbons (Fsp3) is 0.263. The van der Waals surface area contributed by atoms with Crippen molar-refractivity contribution in [3.05, 3.63) is 65.5 Å². The number of rotatable bonds is 3. The van der Waals surface area contributed by atoms with Crippen LogP contribution in [0.4, 0.5) is 5.69 Å². The van der Waals surface area contributed by atoms with E-state index in [4.69, 9.17) is 4.99 Å². The maximum absolute atomic E-state index is 4.72. The largest absolute Gasteiger partial charge is 1.00 e. The number of halogens is 2. The van der Waals surface area contributed by atoms with Crippen LogP contribution in [0.2, 0.25) is 0 Å². The molecule has 3 nitrogen and oxygen atoms in total. The third kappa shape index (κ3) is 4.83. The maximum Gasteiger partial charge on any atom is 0.0694 e. The predicted octanol–water partition coefficient (Wildman–Crippen LogP) is -2.18. The van der Waals surface area contributed by atoms with Crippen LogP contribution < -0.4 is 29.7 Å². The average Bonchev–Trinajstić information content (AvgIpc) is 2.57. The van der Waals surface area contributed by atoms with Gasteiger partial charge in [-0.15, -0.1) is 0 Å². The molecule has 0 amide bonds. The first-order valence-electron chi connectivity index (χ1n) is 7.67. The molecule has 0 saturated carbocycles. The Morgan fingerprint density at radius 3 is 2.42 bits per heavy atom. The summed E-state index contributed by atoms with van der Waals surface area (Å²) >= 11 is 0. The van der Waals surface area contributed by atoms with E-state index in [9.17, 15) is 0 Å². The molecule has 0 unspecified atom stereocenters. The molecule has 0 radical (unpaired) electrons. The second-order valence-electron chi connectivity index (χ2n) is 5.73. The topological polar surface area (TPSA) is 28.5 Å². The number of anilines is 1. The lowest BCUT2D eigenvalue weighted by Gasteiger charge is -2.17. The highest BCUT2D eigenvalue weighted by atomic mass is 35.5. The first kappa shape index (κ1) is 20.2. The molecular weight excluding hydrogens is 341 g/mol. The molecule has 0 saturated heterocycles. The molecule has 1 aromatic heterocycles. The number of aliphatic imine (C=N–C) groups is 1. The molecule has 1 aliphatic heterocycles. The number of nitrogens with zero attached hydrogens (tertiary/aromatic N) is 3. The fourth-order valence-corrected chi connectivity index (χ4v) is 2.67. The molecule has 0 bridgehead atoms. The Morgan fingerprint density at radius 2 is 1.79 bits per heavy atom. The quantitative estimate of drug-likeness (QED) is 0.622. The van der Waals surface area contributed by atoms with Gasteiger partial charge in [0.2, 0.25) is 0 Å². The van der Waals surface area contributed by atoms with Gasteiger partial charge in [-0.25, -0.2) is 0 Å². The third-order valence-corrected chi connectivity index (χ3v) is 3.86. The summed E-state index contributed by atoms with van der Waals surface area (Å²) in [4.78, 5) is 11.1. The SMILES string of the molecule is CN(C)c1ccc(/C=C2\CCCN=C2c2cccnc2)cc1.[Cl-].[Cl-]. The zero-order valence-electron chi connectivity index (χ0n) is 13.9. The highest BCUT2D eigenvalue weighted by Crippen LogP contribution is 2.22. The highest BCUT2D eigenvalue weighted by molar-refractivity contribution is 6.15. The minimum atomic E-state index is 0. The van der Waals surface area contributed by atoms with Crippen LogP contribution in [0, 0.1) is 0 Å².